The normalized spacial score (nSPS) is 13.2. The zero-order valence-electron chi connectivity index (χ0n) is 14.7. The number of pyridine rings is 1. The van der Waals surface area contributed by atoms with Gasteiger partial charge in [0.25, 0.3) is 5.91 Å². The van der Waals surface area contributed by atoms with Gasteiger partial charge in [-0.2, -0.15) is 0 Å². The molecule has 1 aliphatic carbocycles. The first-order valence-electron chi connectivity index (χ1n) is 8.60. The predicted molar refractivity (Wildman–Crippen MR) is 99.4 cm³/mol. The van der Waals surface area contributed by atoms with Crippen LogP contribution in [-0.4, -0.2) is 40.2 Å². The van der Waals surface area contributed by atoms with Gasteiger partial charge in [-0.05, 0) is 43.4 Å². The number of nitrogens with zero attached hydrogens (tertiary/aromatic N) is 3. The smallest absolute Gasteiger partial charge is 0.341 e. The summed E-state index contributed by atoms with van der Waals surface area (Å²) in [6.07, 6.45) is 7.15. The third kappa shape index (κ3) is 3.50. The maximum Gasteiger partial charge on any atom is 0.341 e. The number of hydrogen-bond acceptors (Lipinski definition) is 7. The molecule has 0 saturated heterocycles. The van der Waals surface area contributed by atoms with Crippen LogP contribution in [0.2, 0.25) is 0 Å². The number of nitrogens with one attached hydrogen (secondary N) is 1. The van der Waals surface area contributed by atoms with Gasteiger partial charge in [-0.25, -0.2) is 4.79 Å². The summed E-state index contributed by atoms with van der Waals surface area (Å²) in [6, 6.07) is 3.48. The molecule has 1 amide bonds. The van der Waals surface area contributed by atoms with Crippen molar-refractivity contribution in [3.8, 4) is 5.75 Å². The first-order chi connectivity index (χ1) is 13.2. The van der Waals surface area contributed by atoms with Crippen LogP contribution in [0.1, 0.15) is 33.6 Å². The third-order valence-electron chi connectivity index (χ3n) is 4.45. The number of aromatic nitrogens is 3. The molecule has 3 aromatic rings. The van der Waals surface area contributed by atoms with Crippen molar-refractivity contribution in [1.29, 1.82) is 0 Å². The molecule has 0 bridgehead atoms. The van der Waals surface area contributed by atoms with E-state index < -0.39 is 5.97 Å². The summed E-state index contributed by atoms with van der Waals surface area (Å²) in [5.74, 6) is -0.220. The molecule has 3 heterocycles. The lowest BCUT2D eigenvalue weighted by atomic mass is 9.95. The van der Waals surface area contributed by atoms with Crippen LogP contribution in [0.25, 0.3) is 5.65 Å². The second-order valence-corrected chi connectivity index (χ2v) is 7.31. The average Bonchev–Trinajstić information content (AvgIpc) is 3.29. The number of aryl methyl sites for hydroxylation is 1. The Labute approximate surface area is 159 Å². The molecule has 1 N–H and O–H groups in total. The number of esters is 1. The van der Waals surface area contributed by atoms with Gasteiger partial charge in [0.05, 0.1) is 18.9 Å². The van der Waals surface area contributed by atoms with Crippen LogP contribution in [0.4, 0.5) is 5.00 Å². The fraction of sp³-hybridized carbons (Fsp3) is 0.333. The Balaban J connectivity index is 1.47. The van der Waals surface area contributed by atoms with E-state index in [2.05, 4.69) is 15.5 Å². The van der Waals surface area contributed by atoms with Crippen LogP contribution >= 0.6 is 11.3 Å². The van der Waals surface area contributed by atoms with Crippen LogP contribution in [-0.2, 0) is 22.4 Å². The minimum Gasteiger partial charge on any atom is -0.482 e. The summed E-state index contributed by atoms with van der Waals surface area (Å²) in [5.41, 5.74) is 2.18. The van der Waals surface area contributed by atoms with Gasteiger partial charge in [-0.3, -0.25) is 9.20 Å². The molecule has 9 heteroatoms. The minimum absolute atomic E-state index is 0.170. The highest BCUT2D eigenvalue weighted by atomic mass is 32.1. The van der Waals surface area contributed by atoms with Gasteiger partial charge >= 0.3 is 5.97 Å². The Morgan fingerprint density at radius 3 is 3.00 bits per heavy atom. The highest BCUT2D eigenvalue weighted by molar-refractivity contribution is 7.17. The Kier molecular flexibility index (Phi) is 4.76. The SMILES string of the molecule is COC(=O)c1c(NC(=O)COc2ccc3nncn3c2)sc2c1CCCC2. The fourth-order valence-corrected chi connectivity index (χ4v) is 4.47. The number of thiophene rings is 1. The topological polar surface area (TPSA) is 94.8 Å². The molecule has 0 spiro atoms. The lowest BCUT2D eigenvalue weighted by Gasteiger charge is -2.12. The van der Waals surface area contributed by atoms with Crippen molar-refractivity contribution in [2.45, 2.75) is 25.7 Å². The van der Waals surface area contributed by atoms with Gasteiger partial charge < -0.3 is 14.8 Å². The van der Waals surface area contributed by atoms with Gasteiger partial charge in [0.1, 0.15) is 17.1 Å². The van der Waals surface area contributed by atoms with E-state index in [0.29, 0.717) is 22.0 Å². The van der Waals surface area contributed by atoms with Crippen molar-refractivity contribution in [1.82, 2.24) is 14.6 Å². The summed E-state index contributed by atoms with van der Waals surface area (Å²) in [6.45, 7) is -0.170. The first kappa shape index (κ1) is 17.5. The van der Waals surface area contributed by atoms with Crippen LogP contribution in [0.15, 0.2) is 24.7 Å². The van der Waals surface area contributed by atoms with Crippen molar-refractivity contribution < 1.29 is 19.1 Å². The van der Waals surface area contributed by atoms with Crippen LogP contribution < -0.4 is 10.1 Å². The summed E-state index contributed by atoms with van der Waals surface area (Å²) < 4.78 is 12.2. The highest BCUT2D eigenvalue weighted by Gasteiger charge is 2.26. The Morgan fingerprint density at radius 2 is 2.15 bits per heavy atom. The first-order valence-corrected chi connectivity index (χ1v) is 9.42. The van der Waals surface area contributed by atoms with E-state index in [0.717, 1.165) is 36.1 Å². The molecule has 0 radical (unpaired) electrons. The Hall–Kier alpha value is -2.94. The number of methoxy groups -OCH3 is 1. The number of hydrogen-bond donors (Lipinski definition) is 1. The summed E-state index contributed by atoms with van der Waals surface area (Å²) in [5, 5.41) is 11.1. The van der Waals surface area contributed by atoms with E-state index in [4.69, 9.17) is 9.47 Å². The van der Waals surface area contributed by atoms with Crippen LogP contribution in [0.3, 0.4) is 0 Å². The van der Waals surface area contributed by atoms with Crippen molar-refractivity contribution in [3.63, 3.8) is 0 Å². The zero-order chi connectivity index (χ0) is 18.8. The quantitative estimate of drug-likeness (QED) is 0.677. The molecule has 1 aliphatic rings. The third-order valence-corrected chi connectivity index (χ3v) is 5.65. The number of carbonyl (C=O) groups excluding carboxylic acids is 2. The number of anilines is 1. The average molecular weight is 386 g/mol. The lowest BCUT2D eigenvalue weighted by Crippen LogP contribution is -2.21. The molecular formula is C18H18N4O4S. The van der Waals surface area contributed by atoms with E-state index in [1.165, 1.54) is 18.4 Å². The largest absolute Gasteiger partial charge is 0.482 e. The van der Waals surface area contributed by atoms with E-state index in [-0.39, 0.29) is 12.5 Å². The van der Waals surface area contributed by atoms with E-state index in [1.54, 1.807) is 29.1 Å². The molecule has 0 aliphatic heterocycles. The molecular weight excluding hydrogens is 368 g/mol. The summed E-state index contributed by atoms with van der Waals surface area (Å²) >= 11 is 1.45. The number of carbonyl (C=O) groups is 2. The van der Waals surface area contributed by atoms with Gasteiger partial charge in [0, 0.05) is 4.88 Å². The monoisotopic (exact) mass is 386 g/mol. The van der Waals surface area contributed by atoms with Crippen LogP contribution in [0, 0.1) is 0 Å². The molecule has 27 heavy (non-hydrogen) atoms. The highest BCUT2D eigenvalue weighted by Crippen LogP contribution is 2.38. The summed E-state index contributed by atoms with van der Waals surface area (Å²) in [7, 11) is 1.35. The zero-order valence-corrected chi connectivity index (χ0v) is 15.5. The molecule has 3 aromatic heterocycles. The second kappa shape index (κ2) is 7.36. The molecule has 0 aromatic carbocycles. The van der Waals surface area contributed by atoms with Gasteiger partial charge in [0.15, 0.2) is 12.3 Å². The molecule has 0 unspecified atom stereocenters. The minimum atomic E-state index is -0.413. The molecule has 8 nitrogen and oxygen atoms in total. The van der Waals surface area contributed by atoms with Crippen LogP contribution in [0.5, 0.6) is 5.75 Å². The van der Waals surface area contributed by atoms with Crippen molar-refractivity contribution in [2.75, 3.05) is 19.0 Å². The summed E-state index contributed by atoms with van der Waals surface area (Å²) in [4.78, 5) is 25.7. The van der Waals surface area contributed by atoms with E-state index in [9.17, 15) is 9.59 Å². The predicted octanol–water partition coefficient (Wildman–Crippen LogP) is 2.47. The molecule has 4 rings (SSSR count). The number of rotatable bonds is 5. The molecule has 0 fully saturated rings. The van der Waals surface area contributed by atoms with E-state index in [1.807, 2.05) is 0 Å². The van der Waals surface area contributed by atoms with Gasteiger partial charge in [0.2, 0.25) is 0 Å². The van der Waals surface area contributed by atoms with Gasteiger partial charge in [-0.15, -0.1) is 21.5 Å². The fourth-order valence-electron chi connectivity index (χ4n) is 3.18. The molecule has 140 valence electrons. The van der Waals surface area contributed by atoms with Crippen molar-refractivity contribution >= 4 is 33.9 Å². The van der Waals surface area contributed by atoms with Crippen molar-refractivity contribution in [2.24, 2.45) is 0 Å². The number of fused-ring (bicyclic) bond motifs is 2. The molecule has 0 atom stereocenters. The maximum atomic E-state index is 12.4. The maximum absolute atomic E-state index is 12.4. The standard InChI is InChI=1S/C18H18N4O4S/c1-25-18(24)16-12-4-2-3-5-13(12)27-17(16)20-15(23)9-26-11-6-7-14-21-19-10-22(14)8-11/h6-8,10H,2-5,9H2,1H3,(H,20,23). The van der Waals surface area contributed by atoms with E-state index >= 15 is 0 Å². The Bertz CT molecular complexity index is 1010. The second-order valence-electron chi connectivity index (χ2n) is 6.20. The molecule has 0 saturated carbocycles. The number of amides is 1. The number of ether oxygens (including phenoxy) is 2. The van der Waals surface area contributed by atoms with Crippen molar-refractivity contribution in [3.05, 3.63) is 40.7 Å². The van der Waals surface area contributed by atoms with Gasteiger partial charge in [-0.1, -0.05) is 0 Å². The Morgan fingerprint density at radius 1 is 1.30 bits per heavy atom. The lowest BCUT2D eigenvalue weighted by molar-refractivity contribution is -0.118.